The summed E-state index contributed by atoms with van der Waals surface area (Å²) in [4.78, 5) is 0. The molecule has 0 amide bonds. The molecule has 0 radical (unpaired) electrons. The number of nitrogens with two attached hydrogens (primary N) is 1. The summed E-state index contributed by atoms with van der Waals surface area (Å²) < 4.78 is 5.71. The van der Waals surface area contributed by atoms with Crippen LogP contribution in [-0.2, 0) is 0 Å². The van der Waals surface area contributed by atoms with Crippen LogP contribution in [0.5, 0.6) is 11.5 Å². The third kappa shape index (κ3) is 3.22. The zero-order valence-corrected chi connectivity index (χ0v) is 10.3. The van der Waals surface area contributed by atoms with Crippen molar-refractivity contribution < 1.29 is 4.74 Å². The second-order valence-corrected chi connectivity index (χ2v) is 4.35. The monoisotopic (exact) mass is 247 g/mol. The second-order valence-electron chi connectivity index (χ2n) is 3.92. The van der Waals surface area contributed by atoms with Crippen LogP contribution in [-0.4, -0.2) is 0 Å². The topological polar surface area (TPSA) is 35.2 Å². The summed E-state index contributed by atoms with van der Waals surface area (Å²) in [6.45, 7) is 1.95. The zero-order valence-electron chi connectivity index (χ0n) is 9.56. The maximum absolute atomic E-state index is 5.82. The van der Waals surface area contributed by atoms with Crippen molar-refractivity contribution in [3.63, 3.8) is 0 Å². The van der Waals surface area contributed by atoms with Gasteiger partial charge in [-0.25, -0.2) is 0 Å². The van der Waals surface area contributed by atoms with Crippen molar-refractivity contribution in [2.75, 3.05) is 0 Å². The lowest BCUT2D eigenvalue weighted by Gasteiger charge is -2.09. The van der Waals surface area contributed by atoms with Crippen molar-refractivity contribution in [2.24, 2.45) is 5.73 Å². The fourth-order valence-electron chi connectivity index (χ4n) is 1.50. The molecule has 3 heteroatoms. The molecule has 0 spiro atoms. The molecule has 0 fully saturated rings. The first-order valence-corrected chi connectivity index (χ1v) is 5.82. The first-order valence-electron chi connectivity index (χ1n) is 5.44. The Morgan fingerprint density at radius 2 is 1.76 bits per heavy atom. The third-order valence-electron chi connectivity index (χ3n) is 2.43. The smallest absolute Gasteiger partial charge is 0.127 e. The Kier molecular flexibility index (Phi) is 3.67. The SMILES string of the molecule is CC(N)c1cccc(Oc2ccc(Cl)cc2)c1. The molecule has 0 aromatic heterocycles. The van der Waals surface area contributed by atoms with Gasteiger partial charge >= 0.3 is 0 Å². The molecule has 2 aromatic rings. The molecule has 2 N–H and O–H groups in total. The van der Waals surface area contributed by atoms with E-state index in [9.17, 15) is 0 Å². The fourth-order valence-corrected chi connectivity index (χ4v) is 1.63. The van der Waals surface area contributed by atoms with Crippen LogP contribution in [0.1, 0.15) is 18.5 Å². The Morgan fingerprint density at radius 1 is 1.06 bits per heavy atom. The van der Waals surface area contributed by atoms with Crippen molar-refractivity contribution in [1.29, 1.82) is 0 Å². The Balaban J connectivity index is 2.18. The normalized spacial score (nSPS) is 12.2. The summed E-state index contributed by atoms with van der Waals surface area (Å²) in [5.74, 6) is 1.54. The lowest BCUT2D eigenvalue weighted by Crippen LogP contribution is -2.04. The highest BCUT2D eigenvalue weighted by molar-refractivity contribution is 6.30. The van der Waals surface area contributed by atoms with Gasteiger partial charge in [0.05, 0.1) is 0 Å². The fraction of sp³-hybridized carbons (Fsp3) is 0.143. The van der Waals surface area contributed by atoms with Gasteiger partial charge in [0.1, 0.15) is 11.5 Å². The van der Waals surface area contributed by atoms with Crippen LogP contribution in [0.4, 0.5) is 0 Å². The van der Waals surface area contributed by atoms with Crippen molar-refractivity contribution in [3.8, 4) is 11.5 Å². The van der Waals surface area contributed by atoms with Crippen LogP contribution < -0.4 is 10.5 Å². The van der Waals surface area contributed by atoms with E-state index in [0.29, 0.717) is 5.02 Å². The Morgan fingerprint density at radius 3 is 2.41 bits per heavy atom. The van der Waals surface area contributed by atoms with E-state index in [2.05, 4.69) is 0 Å². The van der Waals surface area contributed by atoms with E-state index in [-0.39, 0.29) is 6.04 Å². The van der Waals surface area contributed by atoms with Crippen LogP contribution in [0.3, 0.4) is 0 Å². The minimum Gasteiger partial charge on any atom is -0.457 e. The molecule has 0 aliphatic carbocycles. The minimum absolute atomic E-state index is 0.00349. The number of benzene rings is 2. The van der Waals surface area contributed by atoms with Gasteiger partial charge in [0.2, 0.25) is 0 Å². The van der Waals surface area contributed by atoms with Gasteiger partial charge in [-0.2, -0.15) is 0 Å². The standard InChI is InChI=1S/C14H14ClNO/c1-10(16)11-3-2-4-14(9-11)17-13-7-5-12(15)6-8-13/h2-10H,16H2,1H3. The average Bonchev–Trinajstić information content (AvgIpc) is 2.32. The van der Waals surface area contributed by atoms with Crippen LogP contribution >= 0.6 is 11.6 Å². The number of ether oxygens (including phenoxy) is 1. The first-order chi connectivity index (χ1) is 8.15. The summed E-state index contributed by atoms with van der Waals surface area (Å²) in [7, 11) is 0. The first kappa shape index (κ1) is 12.0. The van der Waals surface area contributed by atoms with E-state index in [1.807, 2.05) is 43.3 Å². The number of halogens is 1. The Hall–Kier alpha value is -1.51. The van der Waals surface area contributed by atoms with Gasteiger partial charge in [0.25, 0.3) is 0 Å². The largest absolute Gasteiger partial charge is 0.457 e. The molecule has 0 heterocycles. The number of hydrogen-bond donors (Lipinski definition) is 1. The summed E-state index contributed by atoms with van der Waals surface area (Å²) in [6, 6.07) is 15.0. The summed E-state index contributed by atoms with van der Waals surface area (Å²) in [5.41, 5.74) is 6.88. The van der Waals surface area contributed by atoms with E-state index in [1.165, 1.54) is 0 Å². The molecule has 0 saturated heterocycles. The molecule has 0 aliphatic rings. The van der Waals surface area contributed by atoms with Crippen molar-refractivity contribution in [3.05, 3.63) is 59.1 Å². The molecule has 2 nitrogen and oxygen atoms in total. The van der Waals surface area contributed by atoms with Gasteiger partial charge in [-0.1, -0.05) is 23.7 Å². The van der Waals surface area contributed by atoms with E-state index in [0.717, 1.165) is 17.1 Å². The molecule has 2 aromatic carbocycles. The summed E-state index contributed by atoms with van der Waals surface area (Å²) in [5, 5.41) is 0.696. The molecule has 1 atom stereocenters. The molecule has 1 unspecified atom stereocenters. The van der Waals surface area contributed by atoms with Gasteiger partial charge in [0, 0.05) is 11.1 Å². The van der Waals surface area contributed by atoms with E-state index in [4.69, 9.17) is 22.1 Å². The number of rotatable bonds is 3. The molecule has 88 valence electrons. The third-order valence-corrected chi connectivity index (χ3v) is 2.69. The summed E-state index contributed by atoms with van der Waals surface area (Å²) in [6.07, 6.45) is 0. The highest BCUT2D eigenvalue weighted by Crippen LogP contribution is 2.25. The van der Waals surface area contributed by atoms with Gasteiger partial charge in [-0.05, 0) is 48.9 Å². The lowest BCUT2D eigenvalue weighted by molar-refractivity contribution is 0.481. The average molecular weight is 248 g/mol. The van der Waals surface area contributed by atoms with Crippen LogP contribution in [0.15, 0.2) is 48.5 Å². The predicted octanol–water partition coefficient (Wildman–Crippen LogP) is 4.15. The zero-order chi connectivity index (χ0) is 12.3. The van der Waals surface area contributed by atoms with E-state index in [1.54, 1.807) is 12.1 Å². The molecular formula is C14H14ClNO. The maximum atomic E-state index is 5.82. The minimum atomic E-state index is 0.00349. The lowest BCUT2D eigenvalue weighted by atomic mass is 10.1. The second kappa shape index (κ2) is 5.21. The van der Waals surface area contributed by atoms with Gasteiger partial charge in [-0.15, -0.1) is 0 Å². The molecule has 0 saturated carbocycles. The number of hydrogen-bond acceptors (Lipinski definition) is 2. The predicted molar refractivity (Wildman–Crippen MR) is 70.6 cm³/mol. The van der Waals surface area contributed by atoms with Crippen LogP contribution in [0.25, 0.3) is 0 Å². The quantitative estimate of drug-likeness (QED) is 0.884. The van der Waals surface area contributed by atoms with E-state index >= 15 is 0 Å². The molecule has 2 rings (SSSR count). The Bertz CT molecular complexity index is 494. The highest BCUT2D eigenvalue weighted by Gasteiger charge is 2.02. The van der Waals surface area contributed by atoms with Crippen molar-refractivity contribution in [1.82, 2.24) is 0 Å². The van der Waals surface area contributed by atoms with Crippen LogP contribution in [0, 0.1) is 0 Å². The molecule has 0 aliphatic heterocycles. The van der Waals surface area contributed by atoms with Crippen molar-refractivity contribution >= 4 is 11.6 Å². The molecular weight excluding hydrogens is 234 g/mol. The van der Waals surface area contributed by atoms with Gasteiger partial charge < -0.3 is 10.5 Å². The van der Waals surface area contributed by atoms with Gasteiger partial charge in [-0.3, -0.25) is 0 Å². The van der Waals surface area contributed by atoms with E-state index < -0.39 is 0 Å². The molecule has 0 bridgehead atoms. The van der Waals surface area contributed by atoms with Gasteiger partial charge in [0.15, 0.2) is 0 Å². The molecule has 17 heavy (non-hydrogen) atoms. The highest BCUT2D eigenvalue weighted by atomic mass is 35.5. The maximum Gasteiger partial charge on any atom is 0.127 e. The van der Waals surface area contributed by atoms with Crippen molar-refractivity contribution in [2.45, 2.75) is 13.0 Å². The summed E-state index contributed by atoms with van der Waals surface area (Å²) >= 11 is 5.81. The van der Waals surface area contributed by atoms with Crippen LogP contribution in [0.2, 0.25) is 5.02 Å². The Labute approximate surface area is 106 Å².